The highest BCUT2D eigenvalue weighted by molar-refractivity contribution is 7.03. The third kappa shape index (κ3) is 2.50. The molecule has 0 spiro atoms. The highest BCUT2D eigenvalue weighted by Crippen LogP contribution is 2.10. The van der Waals surface area contributed by atoms with Crippen LogP contribution in [0.1, 0.15) is 16.1 Å². The highest BCUT2D eigenvalue weighted by Gasteiger charge is 2.05. The number of hydrogen-bond donors (Lipinski definition) is 0. The number of pyridine rings is 1. The zero-order valence-electron chi connectivity index (χ0n) is 10.6. The van der Waals surface area contributed by atoms with Crippen LogP contribution in [-0.2, 0) is 0 Å². The molecule has 0 aliphatic heterocycles. The van der Waals surface area contributed by atoms with Crippen LogP contribution in [0.25, 0.3) is 5.65 Å². The van der Waals surface area contributed by atoms with E-state index in [4.69, 9.17) is 11.6 Å². The Morgan fingerprint density at radius 2 is 2.00 bits per heavy atom. The van der Waals surface area contributed by atoms with Gasteiger partial charge in [0.05, 0.1) is 0 Å². The van der Waals surface area contributed by atoms with Crippen LogP contribution in [0.5, 0.6) is 0 Å². The number of hydrogen-bond acceptors (Lipinski definition) is 3. The van der Waals surface area contributed by atoms with E-state index in [1.807, 2.05) is 28.9 Å². The first-order chi connectivity index (χ1) is 9.63. The average molecular weight is 304 g/mol. The van der Waals surface area contributed by atoms with Crippen molar-refractivity contribution < 1.29 is 4.79 Å². The molecule has 1 amide bonds. The van der Waals surface area contributed by atoms with E-state index in [0.29, 0.717) is 15.4 Å². The standard InChI is InChI=1S/C14H10ClN3OS/c1-9-3-2-4-12-16-14(20-18(9)12)17-13(19)10-5-7-11(15)8-6-10/h2-8H,1H3. The lowest BCUT2D eigenvalue weighted by atomic mass is 10.2. The molecular formula is C14H10ClN3OS. The number of rotatable bonds is 1. The van der Waals surface area contributed by atoms with Crippen molar-refractivity contribution in [1.82, 2.24) is 8.77 Å². The number of amides is 1. The number of aryl methyl sites for hydroxylation is 1. The van der Waals surface area contributed by atoms with Crippen molar-refractivity contribution in [3.63, 3.8) is 0 Å². The Hall–Kier alpha value is -1.98. The van der Waals surface area contributed by atoms with E-state index in [-0.39, 0.29) is 5.91 Å². The summed E-state index contributed by atoms with van der Waals surface area (Å²) in [7, 11) is 0. The van der Waals surface area contributed by atoms with Gasteiger partial charge in [-0.05, 0) is 54.9 Å². The van der Waals surface area contributed by atoms with Gasteiger partial charge in [0.25, 0.3) is 5.91 Å². The van der Waals surface area contributed by atoms with Gasteiger partial charge < -0.3 is 0 Å². The van der Waals surface area contributed by atoms with E-state index in [9.17, 15) is 4.79 Å². The maximum Gasteiger partial charge on any atom is 0.279 e. The van der Waals surface area contributed by atoms with E-state index in [1.54, 1.807) is 24.3 Å². The molecule has 0 radical (unpaired) electrons. The van der Waals surface area contributed by atoms with Crippen molar-refractivity contribution in [2.75, 3.05) is 0 Å². The number of carbonyl (C=O) groups excluding carboxylic acids is 1. The molecular weight excluding hydrogens is 294 g/mol. The monoisotopic (exact) mass is 303 g/mol. The van der Waals surface area contributed by atoms with Crippen molar-refractivity contribution >= 4 is 34.7 Å². The zero-order chi connectivity index (χ0) is 14.1. The summed E-state index contributed by atoms with van der Waals surface area (Å²) in [4.78, 5) is 20.8. The van der Waals surface area contributed by atoms with Gasteiger partial charge in [-0.25, -0.2) is 0 Å². The van der Waals surface area contributed by atoms with E-state index in [1.165, 1.54) is 11.5 Å². The Bertz CT molecular complexity index is 849. The third-order valence-corrected chi connectivity index (χ3v) is 4.04. The fourth-order valence-electron chi connectivity index (χ4n) is 1.78. The first-order valence-corrected chi connectivity index (χ1v) is 7.09. The molecule has 2 aromatic heterocycles. The second-order valence-corrected chi connectivity index (χ2v) is 5.58. The van der Waals surface area contributed by atoms with E-state index in [0.717, 1.165) is 11.3 Å². The fraction of sp³-hybridized carbons (Fsp3) is 0.0714. The summed E-state index contributed by atoms with van der Waals surface area (Å²) < 4.78 is 1.94. The molecule has 0 fully saturated rings. The Kier molecular flexibility index (Phi) is 3.38. The number of halogens is 1. The second-order valence-electron chi connectivity index (χ2n) is 4.23. The smallest absolute Gasteiger partial charge is 0.267 e. The average Bonchev–Trinajstić information content (AvgIpc) is 2.83. The van der Waals surface area contributed by atoms with Gasteiger partial charge >= 0.3 is 0 Å². The molecule has 3 aromatic rings. The molecule has 100 valence electrons. The van der Waals surface area contributed by atoms with Gasteiger partial charge in [-0.2, -0.15) is 9.98 Å². The Balaban J connectivity index is 2.03. The number of fused-ring (bicyclic) bond motifs is 1. The molecule has 0 atom stereocenters. The summed E-state index contributed by atoms with van der Waals surface area (Å²) in [6, 6.07) is 12.4. The molecule has 4 nitrogen and oxygen atoms in total. The van der Waals surface area contributed by atoms with Crippen LogP contribution >= 0.6 is 23.1 Å². The summed E-state index contributed by atoms with van der Waals surface area (Å²) in [5.74, 6) is -0.320. The predicted octanol–water partition coefficient (Wildman–Crippen LogP) is 3.10. The lowest BCUT2D eigenvalue weighted by molar-refractivity contribution is 0.0998. The molecule has 2 heterocycles. The number of nitrogens with zero attached hydrogens (tertiary/aromatic N) is 3. The van der Waals surface area contributed by atoms with Crippen molar-refractivity contribution in [1.29, 1.82) is 0 Å². The maximum absolute atomic E-state index is 12.0. The van der Waals surface area contributed by atoms with Crippen LogP contribution in [0.15, 0.2) is 47.5 Å². The quantitative estimate of drug-likeness (QED) is 0.693. The minimum Gasteiger partial charge on any atom is -0.267 e. The van der Waals surface area contributed by atoms with E-state index >= 15 is 0 Å². The molecule has 6 heteroatoms. The lowest BCUT2D eigenvalue weighted by Gasteiger charge is -1.94. The minimum absolute atomic E-state index is 0.320. The highest BCUT2D eigenvalue weighted by atomic mass is 35.5. The van der Waals surface area contributed by atoms with Crippen molar-refractivity contribution in [3.05, 3.63) is 63.5 Å². The van der Waals surface area contributed by atoms with Crippen LogP contribution in [0, 0.1) is 6.92 Å². The Morgan fingerprint density at radius 3 is 2.70 bits per heavy atom. The molecule has 0 saturated heterocycles. The maximum atomic E-state index is 12.0. The van der Waals surface area contributed by atoms with Crippen LogP contribution in [0.3, 0.4) is 0 Å². The van der Waals surface area contributed by atoms with Gasteiger partial charge in [0.2, 0.25) is 4.80 Å². The SMILES string of the molecule is Cc1cccc2nc(=NC(=O)c3ccc(Cl)cc3)sn12. The van der Waals surface area contributed by atoms with Gasteiger partial charge in [0, 0.05) is 16.3 Å². The Labute approximate surface area is 124 Å². The third-order valence-electron chi connectivity index (χ3n) is 2.78. The van der Waals surface area contributed by atoms with Crippen LogP contribution < -0.4 is 4.80 Å². The van der Waals surface area contributed by atoms with Crippen LogP contribution in [0.2, 0.25) is 5.02 Å². The van der Waals surface area contributed by atoms with E-state index in [2.05, 4.69) is 9.98 Å². The second kappa shape index (κ2) is 5.19. The van der Waals surface area contributed by atoms with Gasteiger partial charge in [0.15, 0.2) is 0 Å². The van der Waals surface area contributed by atoms with Gasteiger partial charge in [0.1, 0.15) is 5.65 Å². The molecule has 0 N–H and O–H groups in total. The molecule has 0 unspecified atom stereocenters. The lowest BCUT2D eigenvalue weighted by Crippen LogP contribution is -2.04. The molecule has 0 aliphatic carbocycles. The largest absolute Gasteiger partial charge is 0.279 e. The van der Waals surface area contributed by atoms with Crippen molar-refractivity contribution in [2.24, 2.45) is 4.99 Å². The summed E-state index contributed by atoms with van der Waals surface area (Å²) >= 11 is 7.13. The van der Waals surface area contributed by atoms with Crippen molar-refractivity contribution in [3.8, 4) is 0 Å². The summed E-state index contributed by atoms with van der Waals surface area (Å²) in [5.41, 5.74) is 2.34. The molecule has 3 rings (SSSR count). The molecule has 1 aromatic carbocycles. The molecule has 20 heavy (non-hydrogen) atoms. The van der Waals surface area contributed by atoms with Crippen molar-refractivity contribution in [2.45, 2.75) is 6.92 Å². The minimum atomic E-state index is -0.320. The van der Waals surface area contributed by atoms with Gasteiger partial charge in [-0.1, -0.05) is 17.7 Å². The molecule has 0 saturated carbocycles. The summed E-state index contributed by atoms with van der Waals surface area (Å²) in [6.45, 7) is 1.98. The van der Waals surface area contributed by atoms with E-state index < -0.39 is 0 Å². The fourth-order valence-corrected chi connectivity index (χ4v) is 2.73. The topological polar surface area (TPSA) is 46.7 Å². The van der Waals surface area contributed by atoms with Gasteiger partial charge in [-0.3, -0.25) is 8.58 Å². The zero-order valence-corrected chi connectivity index (χ0v) is 12.1. The normalized spacial score (nSPS) is 12.0. The number of benzene rings is 1. The van der Waals surface area contributed by atoms with Gasteiger partial charge in [-0.15, -0.1) is 0 Å². The summed E-state index contributed by atoms with van der Waals surface area (Å²) in [5, 5.41) is 0.590. The molecule has 0 bridgehead atoms. The first kappa shape index (κ1) is 13.0. The number of aromatic nitrogens is 2. The Morgan fingerprint density at radius 1 is 1.25 bits per heavy atom. The van der Waals surface area contributed by atoms with Crippen LogP contribution in [-0.4, -0.2) is 14.7 Å². The predicted molar refractivity (Wildman–Crippen MR) is 79.2 cm³/mol. The van der Waals surface area contributed by atoms with Crippen LogP contribution in [0.4, 0.5) is 0 Å². The summed E-state index contributed by atoms with van der Waals surface area (Å²) in [6.07, 6.45) is 0. The molecule has 0 aliphatic rings. The number of carbonyl (C=O) groups is 1. The first-order valence-electron chi connectivity index (χ1n) is 5.94.